The summed E-state index contributed by atoms with van der Waals surface area (Å²) in [5.74, 6) is 0.827. The average Bonchev–Trinajstić information content (AvgIpc) is 2.17. The van der Waals surface area contributed by atoms with Gasteiger partial charge in [-0.15, -0.1) is 0 Å². The summed E-state index contributed by atoms with van der Waals surface area (Å²) in [5, 5.41) is 3.62. The highest BCUT2D eigenvalue weighted by molar-refractivity contribution is 6.28. The molecule has 0 saturated carbocycles. The van der Waals surface area contributed by atoms with E-state index in [4.69, 9.17) is 11.6 Å². The second-order valence-corrected chi connectivity index (χ2v) is 4.06. The topological polar surface area (TPSA) is 37.8 Å². The fourth-order valence-corrected chi connectivity index (χ4v) is 1.48. The van der Waals surface area contributed by atoms with Crippen LogP contribution in [0.4, 0.5) is 5.82 Å². The first-order chi connectivity index (χ1) is 7.15. The van der Waals surface area contributed by atoms with Gasteiger partial charge >= 0.3 is 0 Å². The third-order valence-electron chi connectivity index (χ3n) is 2.26. The van der Waals surface area contributed by atoms with Crippen LogP contribution in [0.25, 0.3) is 0 Å². The smallest absolute Gasteiger partial charge is 0.224 e. The lowest BCUT2D eigenvalue weighted by molar-refractivity contribution is 0.756. The van der Waals surface area contributed by atoms with Crippen LogP contribution < -0.4 is 5.32 Å². The second kappa shape index (κ2) is 5.91. The van der Waals surface area contributed by atoms with Crippen molar-refractivity contribution in [3.63, 3.8) is 0 Å². The van der Waals surface area contributed by atoms with Crippen molar-refractivity contribution in [2.45, 2.75) is 46.1 Å². The predicted molar refractivity (Wildman–Crippen MR) is 64.4 cm³/mol. The first-order valence-electron chi connectivity index (χ1n) is 5.45. The Morgan fingerprint density at radius 3 is 2.73 bits per heavy atom. The predicted octanol–water partition coefficient (Wildman–Crippen LogP) is 3.29. The molecule has 0 fully saturated rings. The van der Waals surface area contributed by atoms with E-state index in [0.717, 1.165) is 30.8 Å². The van der Waals surface area contributed by atoms with Gasteiger partial charge in [0.25, 0.3) is 0 Å². The van der Waals surface area contributed by atoms with E-state index in [2.05, 4.69) is 36.1 Å². The molecule has 84 valence electrons. The molecule has 0 aliphatic heterocycles. The summed E-state index contributed by atoms with van der Waals surface area (Å²) in [7, 11) is 0. The fourth-order valence-electron chi connectivity index (χ4n) is 1.28. The number of nitrogens with zero attached hydrogens (tertiary/aromatic N) is 2. The molecule has 3 nitrogen and oxygen atoms in total. The third-order valence-corrected chi connectivity index (χ3v) is 2.43. The summed E-state index contributed by atoms with van der Waals surface area (Å²) >= 11 is 5.85. The van der Waals surface area contributed by atoms with Crippen LogP contribution in [-0.4, -0.2) is 16.0 Å². The lowest BCUT2D eigenvalue weighted by Gasteiger charge is -2.12. The van der Waals surface area contributed by atoms with Crippen LogP contribution in [0.5, 0.6) is 0 Å². The first-order valence-corrected chi connectivity index (χ1v) is 5.83. The molecule has 0 amide bonds. The van der Waals surface area contributed by atoms with Crippen LogP contribution in [0.3, 0.4) is 0 Å². The van der Waals surface area contributed by atoms with E-state index in [-0.39, 0.29) is 0 Å². The van der Waals surface area contributed by atoms with Gasteiger partial charge in [0, 0.05) is 17.8 Å². The van der Waals surface area contributed by atoms with Gasteiger partial charge in [0.05, 0.1) is 0 Å². The molecule has 1 N–H and O–H groups in total. The number of aromatic nitrogens is 2. The summed E-state index contributed by atoms with van der Waals surface area (Å²) in [6.45, 7) is 6.38. The van der Waals surface area contributed by atoms with E-state index in [1.807, 2.05) is 6.07 Å². The van der Waals surface area contributed by atoms with E-state index in [9.17, 15) is 0 Å². The molecule has 1 aromatic heterocycles. The number of anilines is 1. The zero-order chi connectivity index (χ0) is 11.3. The van der Waals surface area contributed by atoms with Gasteiger partial charge in [-0.2, -0.15) is 0 Å². The van der Waals surface area contributed by atoms with Crippen molar-refractivity contribution in [2.75, 3.05) is 5.32 Å². The maximum absolute atomic E-state index is 5.85. The summed E-state index contributed by atoms with van der Waals surface area (Å²) in [4.78, 5) is 8.32. The number of hydrogen-bond acceptors (Lipinski definition) is 3. The Morgan fingerprint density at radius 1 is 1.40 bits per heavy atom. The van der Waals surface area contributed by atoms with Gasteiger partial charge in [0.2, 0.25) is 5.28 Å². The number of aryl methyl sites for hydroxylation is 1. The monoisotopic (exact) mass is 227 g/mol. The van der Waals surface area contributed by atoms with Crippen molar-refractivity contribution in [1.82, 2.24) is 9.97 Å². The first kappa shape index (κ1) is 12.2. The highest BCUT2D eigenvalue weighted by Crippen LogP contribution is 2.13. The normalized spacial score (nSPS) is 12.5. The van der Waals surface area contributed by atoms with E-state index < -0.39 is 0 Å². The highest BCUT2D eigenvalue weighted by Gasteiger charge is 2.04. The summed E-state index contributed by atoms with van der Waals surface area (Å²) in [6.07, 6.45) is 3.07. The standard InChI is InChI=1S/C11H18ClN3/c1-4-6-9-7-10(13-8(3)5-2)15-11(12)14-9/h7-8H,4-6H2,1-3H3,(H,13,14,15). The Kier molecular flexibility index (Phi) is 4.82. The van der Waals surface area contributed by atoms with Crippen molar-refractivity contribution in [1.29, 1.82) is 0 Å². The van der Waals surface area contributed by atoms with Crippen molar-refractivity contribution in [2.24, 2.45) is 0 Å². The number of hydrogen-bond donors (Lipinski definition) is 1. The van der Waals surface area contributed by atoms with Crippen LogP contribution in [0.1, 0.15) is 39.3 Å². The molecule has 0 aromatic carbocycles. The Hall–Kier alpha value is -0.830. The van der Waals surface area contributed by atoms with Crippen molar-refractivity contribution in [3.8, 4) is 0 Å². The Balaban J connectivity index is 2.78. The summed E-state index contributed by atoms with van der Waals surface area (Å²) in [5.41, 5.74) is 1.00. The maximum Gasteiger partial charge on any atom is 0.224 e. The van der Waals surface area contributed by atoms with Gasteiger partial charge in [0.1, 0.15) is 5.82 Å². The van der Waals surface area contributed by atoms with Gasteiger partial charge < -0.3 is 5.32 Å². The average molecular weight is 228 g/mol. The molecule has 4 heteroatoms. The molecule has 0 saturated heterocycles. The highest BCUT2D eigenvalue weighted by atomic mass is 35.5. The Bertz CT molecular complexity index is 315. The van der Waals surface area contributed by atoms with E-state index in [1.165, 1.54) is 0 Å². The van der Waals surface area contributed by atoms with E-state index in [0.29, 0.717) is 11.3 Å². The second-order valence-electron chi connectivity index (χ2n) is 3.72. The molecule has 1 unspecified atom stereocenters. The fraction of sp³-hybridized carbons (Fsp3) is 0.636. The summed E-state index contributed by atoms with van der Waals surface area (Å²) in [6, 6.07) is 2.38. The van der Waals surface area contributed by atoms with E-state index >= 15 is 0 Å². The van der Waals surface area contributed by atoms with Crippen LogP contribution in [-0.2, 0) is 6.42 Å². The van der Waals surface area contributed by atoms with Gasteiger partial charge in [-0.25, -0.2) is 9.97 Å². The molecular formula is C11H18ClN3. The lowest BCUT2D eigenvalue weighted by atomic mass is 10.2. The minimum absolute atomic E-state index is 0.326. The molecule has 1 aromatic rings. The quantitative estimate of drug-likeness (QED) is 0.785. The largest absolute Gasteiger partial charge is 0.367 e. The van der Waals surface area contributed by atoms with Gasteiger partial charge in [-0.05, 0) is 31.4 Å². The maximum atomic E-state index is 5.85. The minimum Gasteiger partial charge on any atom is -0.367 e. The molecule has 0 aliphatic rings. The summed E-state index contributed by atoms with van der Waals surface area (Å²) < 4.78 is 0. The van der Waals surface area contributed by atoms with Gasteiger partial charge in [-0.1, -0.05) is 20.3 Å². The molecule has 0 aliphatic carbocycles. The third kappa shape index (κ3) is 4.04. The zero-order valence-electron chi connectivity index (χ0n) is 9.55. The Labute approximate surface area is 96.3 Å². The molecule has 0 spiro atoms. The zero-order valence-corrected chi connectivity index (χ0v) is 10.3. The van der Waals surface area contributed by atoms with Crippen LogP contribution in [0.2, 0.25) is 5.28 Å². The lowest BCUT2D eigenvalue weighted by Crippen LogP contribution is -2.15. The van der Waals surface area contributed by atoms with E-state index in [1.54, 1.807) is 0 Å². The van der Waals surface area contributed by atoms with Crippen LogP contribution in [0.15, 0.2) is 6.07 Å². The van der Waals surface area contributed by atoms with Crippen LogP contribution in [0, 0.1) is 0 Å². The molecule has 1 rings (SSSR count). The minimum atomic E-state index is 0.326. The van der Waals surface area contributed by atoms with Crippen molar-refractivity contribution < 1.29 is 0 Å². The number of nitrogens with one attached hydrogen (secondary N) is 1. The molecule has 0 radical (unpaired) electrons. The van der Waals surface area contributed by atoms with Gasteiger partial charge in [-0.3, -0.25) is 0 Å². The molecule has 15 heavy (non-hydrogen) atoms. The van der Waals surface area contributed by atoms with Crippen molar-refractivity contribution in [3.05, 3.63) is 17.0 Å². The molecule has 1 heterocycles. The molecule has 0 bridgehead atoms. The number of halogens is 1. The molecular weight excluding hydrogens is 210 g/mol. The van der Waals surface area contributed by atoms with Crippen molar-refractivity contribution >= 4 is 17.4 Å². The SMILES string of the molecule is CCCc1cc(NC(C)CC)nc(Cl)n1. The molecule has 1 atom stereocenters. The Morgan fingerprint density at radius 2 is 2.13 bits per heavy atom. The van der Waals surface area contributed by atoms with Crippen LogP contribution >= 0.6 is 11.6 Å². The number of rotatable bonds is 5. The van der Waals surface area contributed by atoms with Gasteiger partial charge in [0.15, 0.2) is 0 Å².